The molecule has 0 atom stereocenters. The first-order chi connectivity index (χ1) is 16.1. The Balaban J connectivity index is 1.61. The minimum Gasteiger partial charge on any atom is -0.337 e. The lowest BCUT2D eigenvalue weighted by atomic mass is 10.2. The van der Waals surface area contributed by atoms with Crippen molar-refractivity contribution in [2.24, 2.45) is 0 Å². The summed E-state index contributed by atoms with van der Waals surface area (Å²) in [5.74, 6) is 0.287. The van der Waals surface area contributed by atoms with E-state index in [1.165, 1.54) is 0 Å². The van der Waals surface area contributed by atoms with Gasteiger partial charge < -0.3 is 10.3 Å². The molecule has 2 aromatic heterocycles. The normalized spacial score (nSPS) is 11.6. The van der Waals surface area contributed by atoms with Crippen LogP contribution in [0.5, 0.6) is 0 Å². The van der Waals surface area contributed by atoms with Crippen LogP contribution in [0.25, 0.3) is 28.5 Å². The molecular weight excluding hydrogens is 434 g/mol. The highest BCUT2D eigenvalue weighted by Crippen LogP contribution is 2.27. The molecule has 6 nitrogen and oxygen atoms in total. The van der Waals surface area contributed by atoms with Crippen molar-refractivity contribution in [1.82, 2.24) is 25.1 Å². The Bertz CT molecular complexity index is 1440. The predicted molar refractivity (Wildman–Crippen MR) is 131 cm³/mol. The molecule has 5 rings (SSSR count). The van der Waals surface area contributed by atoms with Gasteiger partial charge in [-0.2, -0.15) is 5.10 Å². The van der Waals surface area contributed by atoms with Crippen molar-refractivity contribution in [3.8, 4) is 5.69 Å². The van der Waals surface area contributed by atoms with Crippen LogP contribution < -0.4 is 5.32 Å². The number of hydrogen-bond donors (Lipinski definition) is 2. The number of rotatable bonds is 5. The maximum atomic E-state index is 13.0. The van der Waals surface area contributed by atoms with E-state index >= 15 is 0 Å². The second-order valence-electron chi connectivity index (χ2n) is 7.52. The van der Waals surface area contributed by atoms with Crippen LogP contribution in [0.4, 0.5) is 0 Å². The number of para-hydroxylation sites is 3. The highest BCUT2D eigenvalue weighted by atomic mass is 35.5. The Morgan fingerprint density at radius 1 is 0.970 bits per heavy atom. The maximum Gasteiger partial charge on any atom is 0.255 e. The number of carbonyl (C=O) groups is 1. The Kier molecular flexibility index (Phi) is 5.50. The van der Waals surface area contributed by atoms with E-state index in [4.69, 9.17) is 11.6 Å². The topological polar surface area (TPSA) is 75.6 Å². The Labute approximate surface area is 195 Å². The van der Waals surface area contributed by atoms with Crippen LogP contribution >= 0.6 is 11.6 Å². The van der Waals surface area contributed by atoms with Gasteiger partial charge in [0, 0.05) is 11.1 Å². The van der Waals surface area contributed by atoms with Gasteiger partial charge in [-0.05, 0) is 49.4 Å². The average Bonchev–Trinajstić information content (AvgIpc) is 3.41. The lowest BCUT2D eigenvalue weighted by Crippen LogP contribution is -2.22. The highest BCUT2D eigenvalue weighted by molar-refractivity contribution is 6.31. The van der Waals surface area contributed by atoms with Gasteiger partial charge in [-0.1, -0.05) is 60.1 Å². The van der Waals surface area contributed by atoms with E-state index in [9.17, 15) is 4.79 Å². The van der Waals surface area contributed by atoms with Gasteiger partial charge in [-0.25, -0.2) is 9.67 Å². The second kappa shape index (κ2) is 8.76. The first-order valence-electron chi connectivity index (χ1n) is 10.4. The number of carbonyl (C=O) groups excluding carboxylic acids is 1. The summed E-state index contributed by atoms with van der Waals surface area (Å²) in [5, 5.41) is 8.04. The summed E-state index contributed by atoms with van der Waals surface area (Å²) >= 11 is 6.74. The molecule has 0 radical (unpaired) electrons. The first-order valence-corrected chi connectivity index (χ1v) is 10.8. The molecule has 0 aliphatic carbocycles. The first kappa shape index (κ1) is 20.7. The van der Waals surface area contributed by atoms with Gasteiger partial charge in [0.2, 0.25) is 0 Å². The molecule has 2 N–H and O–H groups in total. The highest BCUT2D eigenvalue weighted by Gasteiger charge is 2.18. The van der Waals surface area contributed by atoms with E-state index in [1.807, 2.05) is 85.8 Å². The molecule has 0 bridgehead atoms. The number of imidazole rings is 1. The van der Waals surface area contributed by atoms with Crippen molar-refractivity contribution < 1.29 is 4.79 Å². The third-order valence-electron chi connectivity index (χ3n) is 5.27. The average molecular weight is 454 g/mol. The van der Waals surface area contributed by atoms with E-state index in [-0.39, 0.29) is 5.91 Å². The summed E-state index contributed by atoms with van der Waals surface area (Å²) in [6, 6.07) is 26.4. The van der Waals surface area contributed by atoms with Gasteiger partial charge in [0.1, 0.15) is 5.15 Å². The third-order valence-corrected chi connectivity index (χ3v) is 5.63. The van der Waals surface area contributed by atoms with Gasteiger partial charge in [-0.3, -0.25) is 4.79 Å². The van der Waals surface area contributed by atoms with E-state index < -0.39 is 0 Å². The number of H-pyrrole nitrogens is 1. The fourth-order valence-electron chi connectivity index (χ4n) is 3.59. The van der Waals surface area contributed by atoms with Crippen molar-refractivity contribution in [2.45, 2.75) is 6.92 Å². The number of amides is 1. The summed E-state index contributed by atoms with van der Waals surface area (Å²) in [4.78, 5) is 20.9. The van der Waals surface area contributed by atoms with Gasteiger partial charge in [0.25, 0.3) is 5.91 Å². The minimum absolute atomic E-state index is 0.244. The number of aromatic nitrogens is 4. The number of nitrogens with zero attached hydrogens (tertiary/aromatic N) is 3. The molecule has 33 heavy (non-hydrogen) atoms. The number of benzene rings is 3. The van der Waals surface area contributed by atoms with Crippen LogP contribution in [0.15, 0.2) is 84.9 Å². The lowest BCUT2D eigenvalue weighted by molar-refractivity contribution is 0.0973. The Morgan fingerprint density at radius 2 is 1.64 bits per heavy atom. The number of halogens is 1. The largest absolute Gasteiger partial charge is 0.337 e. The molecule has 0 fully saturated rings. The molecule has 5 aromatic rings. The van der Waals surface area contributed by atoms with E-state index in [0.717, 1.165) is 22.4 Å². The van der Waals surface area contributed by atoms with Crippen LogP contribution in [-0.2, 0) is 0 Å². The number of fused-ring (bicyclic) bond motifs is 1. The quantitative estimate of drug-likeness (QED) is 0.361. The van der Waals surface area contributed by atoms with Crippen molar-refractivity contribution in [3.05, 3.63) is 113 Å². The molecule has 3 aromatic carbocycles. The predicted octanol–water partition coefficient (Wildman–Crippen LogP) is 5.64. The molecule has 0 aliphatic heterocycles. The van der Waals surface area contributed by atoms with Gasteiger partial charge in [0.05, 0.1) is 28.1 Å². The van der Waals surface area contributed by atoms with E-state index in [2.05, 4.69) is 20.4 Å². The van der Waals surface area contributed by atoms with E-state index in [0.29, 0.717) is 27.8 Å². The monoisotopic (exact) mass is 453 g/mol. The molecule has 162 valence electrons. The Hall–Kier alpha value is -4.16. The molecule has 2 heterocycles. The zero-order valence-electron chi connectivity index (χ0n) is 17.8. The van der Waals surface area contributed by atoms with Crippen LogP contribution in [0.1, 0.15) is 27.4 Å². The fraction of sp³-hybridized carbons (Fsp3) is 0.0385. The minimum atomic E-state index is -0.244. The molecule has 1 amide bonds. The van der Waals surface area contributed by atoms with Crippen LogP contribution in [0.3, 0.4) is 0 Å². The van der Waals surface area contributed by atoms with E-state index in [1.54, 1.807) is 16.8 Å². The summed E-state index contributed by atoms with van der Waals surface area (Å²) < 4.78 is 1.68. The van der Waals surface area contributed by atoms with Crippen molar-refractivity contribution in [2.75, 3.05) is 0 Å². The standard InChI is InChI=1S/C26H20ClN5O/c1-17-20(24(27)32(31-17)19-12-6-3-7-13-19)16-23(30-26(33)18-10-4-2-5-11-18)25-28-21-14-8-9-15-22(21)29-25/h2-16H,1H3,(H,28,29)(H,30,33)/b23-16+. The molecular formula is C26H20ClN5O. The zero-order chi connectivity index (χ0) is 22.8. The van der Waals surface area contributed by atoms with Crippen molar-refractivity contribution in [1.29, 1.82) is 0 Å². The number of aromatic amines is 1. The number of hydrogen-bond acceptors (Lipinski definition) is 3. The van der Waals surface area contributed by atoms with Gasteiger partial charge in [-0.15, -0.1) is 0 Å². The summed E-state index contributed by atoms with van der Waals surface area (Å²) in [5.41, 5.74) is 4.99. The fourth-order valence-corrected chi connectivity index (χ4v) is 3.91. The van der Waals surface area contributed by atoms with Gasteiger partial charge in [0.15, 0.2) is 5.82 Å². The summed E-state index contributed by atoms with van der Waals surface area (Å²) in [6.45, 7) is 1.88. The Morgan fingerprint density at radius 3 is 2.36 bits per heavy atom. The SMILES string of the molecule is Cc1nn(-c2ccccc2)c(Cl)c1/C=C(/NC(=O)c1ccccc1)c1nc2ccccc2[nH]1. The van der Waals surface area contributed by atoms with Crippen LogP contribution in [0.2, 0.25) is 5.15 Å². The molecule has 0 unspecified atom stereocenters. The van der Waals surface area contributed by atoms with Gasteiger partial charge >= 0.3 is 0 Å². The third kappa shape index (κ3) is 4.16. The second-order valence-corrected chi connectivity index (χ2v) is 7.88. The number of nitrogens with one attached hydrogen (secondary N) is 2. The molecule has 0 saturated heterocycles. The van der Waals surface area contributed by atoms with Crippen molar-refractivity contribution >= 4 is 40.3 Å². The summed E-state index contributed by atoms with van der Waals surface area (Å²) in [6.07, 6.45) is 1.81. The molecule has 0 aliphatic rings. The molecule has 7 heteroatoms. The van der Waals surface area contributed by atoms with Crippen LogP contribution in [0, 0.1) is 6.92 Å². The maximum absolute atomic E-state index is 13.0. The molecule has 0 saturated carbocycles. The van der Waals surface area contributed by atoms with Crippen molar-refractivity contribution in [3.63, 3.8) is 0 Å². The summed E-state index contributed by atoms with van der Waals surface area (Å²) in [7, 11) is 0. The van der Waals surface area contributed by atoms with Crippen LogP contribution in [-0.4, -0.2) is 25.7 Å². The zero-order valence-corrected chi connectivity index (χ0v) is 18.5. The lowest BCUT2D eigenvalue weighted by Gasteiger charge is -2.08. The smallest absolute Gasteiger partial charge is 0.255 e. The number of aryl methyl sites for hydroxylation is 1. The molecule has 0 spiro atoms.